The molecule has 1 aromatic heterocycles. The first kappa shape index (κ1) is 29.9. The maximum absolute atomic E-state index is 13.5. The number of methoxy groups -OCH3 is 1. The molecule has 3 atom stereocenters. The van der Waals surface area contributed by atoms with E-state index in [9.17, 15) is 19.5 Å². The van der Waals surface area contributed by atoms with Crippen LogP contribution in [0.2, 0.25) is 0 Å². The molecular weight excluding hydrogens is 504 g/mol. The molecule has 0 spiro atoms. The van der Waals surface area contributed by atoms with Gasteiger partial charge in [-0.3, -0.25) is 4.79 Å². The molecule has 1 unspecified atom stereocenters. The zero-order valence-corrected chi connectivity index (χ0v) is 22.9. The van der Waals surface area contributed by atoms with Crippen LogP contribution in [-0.4, -0.2) is 64.4 Å². The Morgan fingerprint density at radius 1 is 1.10 bits per heavy atom. The van der Waals surface area contributed by atoms with E-state index < -0.39 is 42.3 Å². The summed E-state index contributed by atoms with van der Waals surface area (Å²) in [7, 11) is 1.57. The molecule has 39 heavy (non-hydrogen) atoms. The van der Waals surface area contributed by atoms with Crippen LogP contribution in [0.4, 0.5) is 4.79 Å². The number of imidazole rings is 1. The summed E-state index contributed by atoms with van der Waals surface area (Å²) in [5, 5.41) is 16.3. The summed E-state index contributed by atoms with van der Waals surface area (Å²) in [6, 6.07) is 5.15. The number of H-pyrrole nitrogens is 1. The molecule has 1 fully saturated rings. The largest absolute Gasteiger partial charge is 0.497 e. The smallest absolute Gasteiger partial charge is 0.408 e. The number of aliphatic hydroxyl groups excluding tert-OH is 1. The minimum atomic E-state index is -1.53. The number of nitrogens with zero attached hydrogens (tertiary/aromatic N) is 1. The Bertz CT molecular complexity index is 1040. The van der Waals surface area contributed by atoms with Gasteiger partial charge in [0.15, 0.2) is 6.10 Å². The molecule has 11 heteroatoms. The van der Waals surface area contributed by atoms with Gasteiger partial charge in [-0.05, 0) is 43.9 Å². The van der Waals surface area contributed by atoms with Gasteiger partial charge in [-0.15, -0.1) is 0 Å². The zero-order valence-electron chi connectivity index (χ0n) is 22.9. The molecule has 4 N–H and O–H groups in total. The molecule has 2 aromatic rings. The Morgan fingerprint density at radius 3 is 2.44 bits per heavy atom. The maximum Gasteiger partial charge on any atom is 0.408 e. The van der Waals surface area contributed by atoms with Crippen molar-refractivity contribution in [2.24, 2.45) is 5.92 Å². The lowest BCUT2D eigenvalue weighted by molar-refractivity contribution is -0.159. The highest BCUT2D eigenvalue weighted by Crippen LogP contribution is 2.28. The number of ether oxygens (including phenoxy) is 3. The third kappa shape index (κ3) is 9.90. The predicted octanol–water partition coefficient (Wildman–Crippen LogP) is 3.02. The molecule has 0 saturated heterocycles. The van der Waals surface area contributed by atoms with Gasteiger partial charge in [0.1, 0.15) is 18.4 Å². The lowest BCUT2D eigenvalue weighted by Gasteiger charge is -2.30. The van der Waals surface area contributed by atoms with Crippen LogP contribution >= 0.6 is 0 Å². The topological polar surface area (TPSA) is 152 Å². The molecule has 214 valence electrons. The molecule has 3 rings (SSSR count). The molecule has 0 aliphatic heterocycles. The molecular formula is C28H40N4O7. The number of hydrogen-bond acceptors (Lipinski definition) is 8. The van der Waals surface area contributed by atoms with Crippen molar-refractivity contribution in [3.05, 3.63) is 48.0 Å². The number of aromatic nitrogens is 2. The van der Waals surface area contributed by atoms with Gasteiger partial charge in [-0.2, -0.15) is 0 Å². The SMILES string of the molecule is COc1ccc(COC(=O)N[C@@H](Cc2cnc[nH]2)C(=O)N[C@@H](CC2CCCCC2)C(O)C(=O)OC(C)C)cc1. The first-order valence-corrected chi connectivity index (χ1v) is 13.5. The van der Waals surface area contributed by atoms with Crippen molar-refractivity contribution in [3.63, 3.8) is 0 Å². The lowest BCUT2D eigenvalue weighted by Crippen LogP contribution is -2.55. The molecule has 1 aliphatic carbocycles. The van der Waals surface area contributed by atoms with E-state index in [1.807, 2.05) is 0 Å². The fourth-order valence-electron chi connectivity index (χ4n) is 4.68. The van der Waals surface area contributed by atoms with Crippen LogP contribution in [0.25, 0.3) is 0 Å². The minimum Gasteiger partial charge on any atom is -0.497 e. The monoisotopic (exact) mass is 544 g/mol. The summed E-state index contributed by atoms with van der Waals surface area (Å²) >= 11 is 0. The van der Waals surface area contributed by atoms with E-state index in [-0.39, 0.29) is 18.9 Å². The van der Waals surface area contributed by atoms with E-state index in [1.165, 1.54) is 6.33 Å². The van der Waals surface area contributed by atoms with Gasteiger partial charge in [0.2, 0.25) is 5.91 Å². The first-order chi connectivity index (χ1) is 18.7. The summed E-state index contributed by atoms with van der Waals surface area (Å²) in [6.07, 6.45) is 6.06. The van der Waals surface area contributed by atoms with Crippen molar-refractivity contribution >= 4 is 18.0 Å². The van der Waals surface area contributed by atoms with Crippen molar-refractivity contribution in [1.82, 2.24) is 20.6 Å². The average molecular weight is 545 g/mol. The predicted molar refractivity (Wildman–Crippen MR) is 143 cm³/mol. The summed E-state index contributed by atoms with van der Waals surface area (Å²) in [6.45, 7) is 3.39. The minimum absolute atomic E-state index is 0.00170. The number of amides is 2. The highest BCUT2D eigenvalue weighted by atomic mass is 16.6. The van der Waals surface area contributed by atoms with Crippen molar-refractivity contribution in [2.75, 3.05) is 7.11 Å². The third-order valence-corrected chi connectivity index (χ3v) is 6.73. The van der Waals surface area contributed by atoms with Crippen LogP contribution in [0, 0.1) is 5.92 Å². The second-order valence-corrected chi connectivity index (χ2v) is 10.2. The van der Waals surface area contributed by atoms with Crippen LogP contribution in [0.3, 0.4) is 0 Å². The van der Waals surface area contributed by atoms with Crippen LogP contribution < -0.4 is 15.4 Å². The quantitative estimate of drug-likeness (QED) is 0.281. The van der Waals surface area contributed by atoms with Gasteiger partial charge >= 0.3 is 12.1 Å². The normalized spacial score (nSPS) is 16.1. The summed E-state index contributed by atoms with van der Waals surface area (Å²) in [5.41, 5.74) is 1.37. The van der Waals surface area contributed by atoms with Gasteiger partial charge in [0.25, 0.3) is 0 Å². The van der Waals surface area contributed by atoms with Crippen molar-refractivity contribution < 1.29 is 33.7 Å². The molecule has 1 aliphatic rings. The summed E-state index contributed by atoms with van der Waals surface area (Å²) in [5.74, 6) is -0.396. The van der Waals surface area contributed by atoms with E-state index in [2.05, 4.69) is 20.6 Å². The molecule has 2 amide bonds. The zero-order chi connectivity index (χ0) is 28.2. The van der Waals surface area contributed by atoms with Crippen LogP contribution in [0.15, 0.2) is 36.8 Å². The first-order valence-electron chi connectivity index (χ1n) is 13.5. The molecule has 1 aromatic carbocycles. The Hall–Kier alpha value is -3.60. The average Bonchev–Trinajstić information content (AvgIpc) is 3.44. The lowest BCUT2D eigenvalue weighted by atomic mass is 9.83. The number of hydrogen-bond donors (Lipinski definition) is 4. The van der Waals surface area contributed by atoms with Crippen LogP contribution in [0.5, 0.6) is 5.75 Å². The number of alkyl carbamates (subject to hydrolysis) is 1. The molecule has 1 saturated carbocycles. The Kier molecular flexibility index (Phi) is 11.6. The van der Waals surface area contributed by atoms with E-state index >= 15 is 0 Å². The van der Waals surface area contributed by atoms with Crippen molar-refractivity contribution in [1.29, 1.82) is 0 Å². The van der Waals surface area contributed by atoms with Gasteiger partial charge in [0.05, 0.1) is 25.6 Å². The molecule has 11 nitrogen and oxygen atoms in total. The standard InChI is InChI=1S/C28H40N4O7/c1-18(2)39-27(35)25(33)23(13-19-7-5-4-6-8-19)31-26(34)24(14-21-15-29-17-30-21)32-28(36)38-16-20-9-11-22(37-3)12-10-20/h9-12,15,17-19,23-25,33H,4-8,13-14,16H2,1-3H3,(H,29,30)(H,31,34)(H,32,36)/t23-,24-,25?/m0/s1. The number of carbonyl (C=O) groups is 3. The van der Waals surface area contributed by atoms with E-state index in [0.717, 1.165) is 37.7 Å². The van der Waals surface area contributed by atoms with Crippen molar-refractivity contribution in [3.8, 4) is 5.75 Å². The second-order valence-electron chi connectivity index (χ2n) is 10.2. The van der Waals surface area contributed by atoms with Gasteiger partial charge in [-0.1, -0.05) is 44.2 Å². The van der Waals surface area contributed by atoms with Crippen molar-refractivity contribution in [2.45, 2.75) is 89.7 Å². The molecule has 1 heterocycles. The summed E-state index contributed by atoms with van der Waals surface area (Å²) in [4.78, 5) is 45.6. The van der Waals surface area contributed by atoms with E-state index in [0.29, 0.717) is 17.9 Å². The molecule has 0 bridgehead atoms. The number of carbonyl (C=O) groups excluding carboxylic acids is 3. The number of aliphatic hydroxyl groups is 1. The number of benzene rings is 1. The van der Waals surface area contributed by atoms with Crippen LogP contribution in [-0.2, 0) is 32.1 Å². The van der Waals surface area contributed by atoms with E-state index in [4.69, 9.17) is 14.2 Å². The number of aromatic amines is 1. The van der Waals surface area contributed by atoms with Gasteiger partial charge in [-0.25, -0.2) is 14.6 Å². The highest BCUT2D eigenvalue weighted by Gasteiger charge is 2.34. The fraction of sp³-hybridized carbons (Fsp3) is 0.571. The Labute approximate surface area is 229 Å². The Morgan fingerprint density at radius 2 is 1.82 bits per heavy atom. The molecule has 0 radical (unpaired) electrons. The number of nitrogens with one attached hydrogen (secondary N) is 3. The summed E-state index contributed by atoms with van der Waals surface area (Å²) < 4.78 is 15.7. The third-order valence-electron chi connectivity index (χ3n) is 6.73. The van der Waals surface area contributed by atoms with E-state index in [1.54, 1.807) is 51.4 Å². The van der Waals surface area contributed by atoms with Gasteiger partial charge < -0.3 is 34.9 Å². The Balaban J connectivity index is 1.69. The van der Waals surface area contributed by atoms with Crippen LogP contribution in [0.1, 0.15) is 63.6 Å². The fourth-order valence-corrected chi connectivity index (χ4v) is 4.68. The second kappa shape index (κ2) is 15.1. The van der Waals surface area contributed by atoms with Gasteiger partial charge in [0, 0.05) is 18.3 Å². The number of rotatable bonds is 13. The highest BCUT2D eigenvalue weighted by molar-refractivity contribution is 5.87. The number of esters is 1. The maximum atomic E-state index is 13.5.